The van der Waals surface area contributed by atoms with Gasteiger partial charge in [0.2, 0.25) is 0 Å². The summed E-state index contributed by atoms with van der Waals surface area (Å²) in [6.07, 6.45) is 2.51. The number of rotatable bonds is 6. The summed E-state index contributed by atoms with van der Waals surface area (Å²) in [6.45, 7) is 1.39. The van der Waals surface area contributed by atoms with E-state index in [2.05, 4.69) is 10.3 Å². The molecule has 7 heteroatoms. The molecule has 0 aliphatic heterocycles. The predicted molar refractivity (Wildman–Crippen MR) is 78.6 cm³/mol. The number of hydrogen-bond donors (Lipinski definition) is 1. The third-order valence-corrected chi connectivity index (χ3v) is 3.86. The Morgan fingerprint density at radius 3 is 2.75 bits per heavy atom. The first-order valence-corrected chi connectivity index (χ1v) is 8.36. The summed E-state index contributed by atoms with van der Waals surface area (Å²) < 4.78 is 23.6. The van der Waals surface area contributed by atoms with Gasteiger partial charge < -0.3 is 9.88 Å². The quantitative estimate of drug-likeness (QED) is 0.761. The summed E-state index contributed by atoms with van der Waals surface area (Å²) >= 11 is 0. The Morgan fingerprint density at radius 1 is 1.25 bits per heavy atom. The van der Waals surface area contributed by atoms with Crippen LogP contribution in [0.4, 0.5) is 0 Å². The molecule has 6 nitrogen and oxygen atoms in total. The summed E-state index contributed by atoms with van der Waals surface area (Å²) in [6, 6.07) is 7.42. The summed E-state index contributed by atoms with van der Waals surface area (Å²) in [5.74, 6) is 0.0962. The monoisotopic (exact) mass is 295 g/mol. The van der Waals surface area contributed by atoms with E-state index in [1.165, 1.54) is 12.5 Å². The molecule has 0 radical (unpaired) electrons. The Bertz CT molecular complexity index is 753. The van der Waals surface area contributed by atoms with Crippen LogP contribution in [0.1, 0.15) is 0 Å². The van der Waals surface area contributed by atoms with Crippen molar-refractivity contribution in [1.29, 1.82) is 0 Å². The molecule has 2 aromatic rings. The van der Waals surface area contributed by atoms with Crippen LogP contribution in [-0.2, 0) is 16.4 Å². The van der Waals surface area contributed by atoms with Gasteiger partial charge in [-0.2, -0.15) is 0 Å². The molecule has 2 rings (SSSR count). The largest absolute Gasteiger partial charge is 0.314 e. The maximum Gasteiger partial charge on any atom is 0.269 e. The Morgan fingerprint density at radius 2 is 2.00 bits per heavy atom. The van der Waals surface area contributed by atoms with Crippen molar-refractivity contribution in [2.75, 3.05) is 25.1 Å². The number of nitrogens with zero attached hydrogens (tertiary/aromatic N) is 2. The van der Waals surface area contributed by atoms with Gasteiger partial charge in [-0.3, -0.25) is 4.79 Å². The number of sulfone groups is 1. The molecular weight excluding hydrogens is 278 g/mol. The first-order valence-electron chi connectivity index (χ1n) is 6.30. The average Bonchev–Trinajstić information content (AvgIpc) is 2.39. The van der Waals surface area contributed by atoms with Crippen molar-refractivity contribution in [2.24, 2.45) is 0 Å². The highest BCUT2D eigenvalue weighted by molar-refractivity contribution is 7.90. The highest BCUT2D eigenvalue weighted by atomic mass is 32.2. The van der Waals surface area contributed by atoms with Gasteiger partial charge in [0.1, 0.15) is 9.84 Å². The zero-order valence-corrected chi connectivity index (χ0v) is 12.1. The van der Waals surface area contributed by atoms with Gasteiger partial charge in [0.15, 0.2) is 0 Å². The van der Waals surface area contributed by atoms with Crippen molar-refractivity contribution < 1.29 is 8.42 Å². The van der Waals surface area contributed by atoms with E-state index in [-0.39, 0.29) is 11.3 Å². The first-order chi connectivity index (χ1) is 9.47. The summed E-state index contributed by atoms with van der Waals surface area (Å²) in [5, 5.41) is 3.02. The lowest BCUT2D eigenvalue weighted by atomic mass is 10.3. The number of aromatic nitrogens is 2. The first kappa shape index (κ1) is 14.7. The van der Waals surface area contributed by atoms with Crippen LogP contribution in [0.5, 0.6) is 0 Å². The zero-order chi connectivity index (χ0) is 14.6. The molecule has 0 spiro atoms. The van der Waals surface area contributed by atoms with E-state index in [0.717, 1.165) is 11.0 Å². The van der Waals surface area contributed by atoms with Gasteiger partial charge in [-0.25, -0.2) is 13.4 Å². The lowest BCUT2D eigenvalue weighted by Gasteiger charge is -2.10. The van der Waals surface area contributed by atoms with Crippen molar-refractivity contribution in [2.45, 2.75) is 6.54 Å². The van der Waals surface area contributed by atoms with Crippen LogP contribution < -0.4 is 10.9 Å². The summed E-state index contributed by atoms with van der Waals surface area (Å²) in [4.78, 5) is 15.9. The molecule has 0 atom stereocenters. The molecule has 0 aliphatic rings. The van der Waals surface area contributed by atoms with Crippen LogP contribution in [0.25, 0.3) is 11.0 Å². The summed E-state index contributed by atoms with van der Waals surface area (Å²) in [5.41, 5.74) is 1.39. The number of benzene rings is 1. The molecule has 0 saturated heterocycles. The van der Waals surface area contributed by atoms with E-state index < -0.39 is 9.84 Å². The minimum absolute atomic E-state index is 0.0962. The SMILES string of the molecule is CS(=O)(=O)CCNCCn1c(=O)cnc2ccccc21. The van der Waals surface area contributed by atoms with Crippen LogP contribution in [0.3, 0.4) is 0 Å². The van der Waals surface area contributed by atoms with E-state index in [1.54, 1.807) is 4.57 Å². The fourth-order valence-electron chi connectivity index (χ4n) is 1.92. The molecule has 1 aromatic carbocycles. The average molecular weight is 295 g/mol. The molecule has 20 heavy (non-hydrogen) atoms. The van der Waals surface area contributed by atoms with Crippen LogP contribution in [-0.4, -0.2) is 43.1 Å². The predicted octanol–water partition coefficient (Wildman–Crippen LogP) is 0.0307. The molecule has 0 unspecified atom stereocenters. The van der Waals surface area contributed by atoms with Crippen molar-refractivity contribution >= 4 is 20.9 Å². The van der Waals surface area contributed by atoms with Crippen LogP contribution in [0.2, 0.25) is 0 Å². The number of para-hydroxylation sites is 2. The Labute approximate surface area is 117 Å². The van der Waals surface area contributed by atoms with E-state index in [9.17, 15) is 13.2 Å². The zero-order valence-electron chi connectivity index (χ0n) is 11.2. The van der Waals surface area contributed by atoms with Crippen LogP contribution in [0, 0.1) is 0 Å². The molecule has 0 amide bonds. The van der Waals surface area contributed by atoms with Gasteiger partial charge in [0.25, 0.3) is 5.56 Å². The van der Waals surface area contributed by atoms with Crippen LogP contribution >= 0.6 is 0 Å². The smallest absolute Gasteiger partial charge is 0.269 e. The maximum atomic E-state index is 11.8. The highest BCUT2D eigenvalue weighted by Crippen LogP contribution is 2.07. The van der Waals surface area contributed by atoms with Gasteiger partial charge in [-0.05, 0) is 12.1 Å². The highest BCUT2D eigenvalue weighted by Gasteiger charge is 2.04. The van der Waals surface area contributed by atoms with Crippen molar-refractivity contribution in [1.82, 2.24) is 14.9 Å². The van der Waals surface area contributed by atoms with Gasteiger partial charge in [-0.1, -0.05) is 12.1 Å². The second-order valence-corrected chi connectivity index (χ2v) is 6.88. The molecular formula is C13H17N3O3S. The lowest BCUT2D eigenvalue weighted by molar-refractivity contribution is 0.586. The molecule has 1 N–H and O–H groups in total. The van der Waals surface area contributed by atoms with Crippen molar-refractivity contribution in [3.05, 3.63) is 40.8 Å². The number of nitrogens with one attached hydrogen (secondary N) is 1. The normalized spacial score (nSPS) is 11.8. The molecule has 1 heterocycles. The topological polar surface area (TPSA) is 81.1 Å². The molecule has 1 aromatic heterocycles. The molecule has 0 bridgehead atoms. The van der Waals surface area contributed by atoms with Gasteiger partial charge >= 0.3 is 0 Å². The van der Waals surface area contributed by atoms with E-state index in [0.29, 0.717) is 19.6 Å². The van der Waals surface area contributed by atoms with Gasteiger partial charge in [0.05, 0.1) is 23.0 Å². The van der Waals surface area contributed by atoms with E-state index in [1.807, 2.05) is 24.3 Å². The van der Waals surface area contributed by atoms with Crippen molar-refractivity contribution in [3.8, 4) is 0 Å². The minimum Gasteiger partial charge on any atom is -0.314 e. The number of fused-ring (bicyclic) bond motifs is 1. The standard InChI is InChI=1S/C13H17N3O3S/c1-20(18,19)9-7-14-6-8-16-12-5-3-2-4-11(12)15-10-13(16)17/h2-5,10,14H,6-9H2,1H3. The Balaban J connectivity index is 2.03. The van der Waals surface area contributed by atoms with Gasteiger partial charge in [-0.15, -0.1) is 0 Å². The molecule has 0 saturated carbocycles. The molecule has 0 aliphatic carbocycles. The maximum absolute atomic E-state index is 11.8. The van der Waals surface area contributed by atoms with Crippen molar-refractivity contribution in [3.63, 3.8) is 0 Å². The van der Waals surface area contributed by atoms with Gasteiger partial charge in [0, 0.05) is 25.9 Å². The lowest BCUT2D eigenvalue weighted by Crippen LogP contribution is -2.30. The Kier molecular flexibility index (Phi) is 4.51. The number of hydrogen-bond acceptors (Lipinski definition) is 5. The second-order valence-electron chi connectivity index (χ2n) is 4.62. The molecule has 0 fully saturated rings. The summed E-state index contributed by atoms with van der Waals surface area (Å²) in [7, 11) is -2.95. The third-order valence-electron chi connectivity index (χ3n) is 2.91. The molecule has 108 valence electrons. The third kappa shape index (κ3) is 3.88. The fourth-order valence-corrected chi connectivity index (χ4v) is 2.43. The van der Waals surface area contributed by atoms with E-state index >= 15 is 0 Å². The van der Waals surface area contributed by atoms with Crippen LogP contribution in [0.15, 0.2) is 35.3 Å². The second kappa shape index (κ2) is 6.15. The van der Waals surface area contributed by atoms with E-state index in [4.69, 9.17) is 0 Å². The fraction of sp³-hybridized carbons (Fsp3) is 0.385. The minimum atomic E-state index is -2.95. The Hall–Kier alpha value is -1.73.